The number of nitrogens with zero attached hydrogens (tertiary/aromatic N) is 4. The van der Waals surface area contributed by atoms with E-state index >= 15 is 0 Å². The van der Waals surface area contributed by atoms with E-state index in [0.29, 0.717) is 0 Å². The number of anilines is 1. The van der Waals surface area contributed by atoms with Gasteiger partial charge in [0, 0.05) is 0 Å². The molecule has 0 aromatic carbocycles. The van der Waals surface area contributed by atoms with Crippen LogP contribution < -0.4 is 20.6 Å². The molecule has 1 fully saturated rings. The highest BCUT2D eigenvalue weighted by Gasteiger charge is 2.54. The Hall–Kier alpha value is -2.92. The van der Waals surface area contributed by atoms with Crippen molar-refractivity contribution in [1.82, 2.24) is 29.7 Å². The summed E-state index contributed by atoms with van der Waals surface area (Å²) in [5.41, 5.74) is 4.34. The maximum Gasteiger partial charge on any atom is 0.342 e. The van der Waals surface area contributed by atoms with Crippen LogP contribution in [0.15, 0.2) is 6.33 Å². The summed E-state index contributed by atoms with van der Waals surface area (Å²) >= 11 is 0. The molecule has 0 spiro atoms. The zero-order chi connectivity index (χ0) is 34.4. The minimum atomic E-state index is -4.30. The van der Waals surface area contributed by atoms with Crippen molar-refractivity contribution in [2.24, 2.45) is 11.8 Å². The zero-order valence-electron chi connectivity index (χ0n) is 27.6. The molecule has 0 radical (unpaired) electrons. The molecule has 3 heterocycles. The molecule has 2 aromatic rings. The Morgan fingerprint density at radius 1 is 1.09 bits per heavy atom. The Bertz CT molecular complexity index is 1350. The Morgan fingerprint density at radius 3 is 2.11 bits per heavy atom. The number of aliphatic hydroxyl groups excluding tert-OH is 1. The van der Waals surface area contributed by atoms with E-state index in [0.717, 1.165) is 0 Å². The lowest BCUT2D eigenvalue weighted by atomic mass is 9.96. The minimum absolute atomic E-state index is 0.0100. The van der Waals surface area contributed by atoms with Gasteiger partial charge in [0.25, 0.3) is 0 Å². The predicted octanol–water partition coefficient (Wildman–Crippen LogP) is 1.69. The molecule has 0 aliphatic carbocycles. The molecule has 18 heteroatoms. The summed E-state index contributed by atoms with van der Waals surface area (Å²) in [6.07, 6.45) is -2.24. The first kappa shape index (κ1) is 37.5. The second-order valence-corrected chi connectivity index (χ2v) is 14.0. The number of hydrogen-bond acceptors (Lipinski definition) is 14. The average molecular weight is 674 g/mol. The fourth-order valence-electron chi connectivity index (χ4n) is 5.13. The summed E-state index contributed by atoms with van der Waals surface area (Å²) in [6, 6.07) is -2.13. The molecule has 0 saturated carbocycles. The Balaban J connectivity index is 1.94. The van der Waals surface area contributed by atoms with Gasteiger partial charge in [-0.25, -0.2) is 15.2 Å². The van der Waals surface area contributed by atoms with Crippen LogP contribution >= 0.6 is 7.67 Å². The van der Waals surface area contributed by atoms with Gasteiger partial charge in [-0.2, -0.15) is 9.97 Å². The smallest absolute Gasteiger partial charge is 0.342 e. The molecule has 1 saturated heterocycles. The van der Waals surface area contributed by atoms with Crippen molar-refractivity contribution in [2.75, 3.05) is 32.7 Å². The first-order valence-electron chi connectivity index (χ1n) is 15.3. The van der Waals surface area contributed by atoms with Gasteiger partial charge in [0.2, 0.25) is 11.8 Å². The number of ether oxygens (including phenoxy) is 4. The van der Waals surface area contributed by atoms with Crippen molar-refractivity contribution < 1.29 is 47.8 Å². The number of carbonyl (C=O) groups is 2. The molecule has 1 aliphatic rings. The van der Waals surface area contributed by atoms with E-state index in [4.69, 9.17) is 29.2 Å². The fourth-order valence-corrected chi connectivity index (χ4v) is 6.95. The molecule has 260 valence electrons. The number of hydrogen-bond donors (Lipinski definition) is 5. The monoisotopic (exact) mass is 673 g/mol. The number of carbonyl (C=O) groups excluding carboxylic acids is 2. The number of fused-ring (bicyclic) bond motifs is 1. The van der Waals surface area contributed by atoms with Crippen LogP contribution in [0.4, 0.5) is 5.95 Å². The van der Waals surface area contributed by atoms with Crippen LogP contribution in [-0.4, -0.2) is 98.5 Å². The number of methoxy groups -OCH3 is 1. The molecule has 3 rings (SSSR count). The van der Waals surface area contributed by atoms with E-state index in [1.807, 2.05) is 27.7 Å². The molecular weight excluding hydrogens is 625 g/mol. The van der Waals surface area contributed by atoms with E-state index in [9.17, 15) is 24.4 Å². The summed E-state index contributed by atoms with van der Waals surface area (Å²) in [7, 11) is -2.91. The standard InChI is InChI=1S/C28H48N7O10P/c1-9-42-24(37)17(11-15(3)4)33-46(40,34-18(12-16(5)6)25(38)43-10-2)44-13-19-21(36)28(7,39)26(45-19)35-14-30-20-22(35)31-27(29)32-23(20)41-8/h14-19,21,26,36,39H,9-13H2,1-8H3,(H2,29,31,32)(H2,33,34,40)/t17?,18?,19-,21?,26-,28?,46?/m1/s1. The van der Waals surface area contributed by atoms with Crippen molar-refractivity contribution in [1.29, 1.82) is 0 Å². The van der Waals surface area contributed by atoms with E-state index in [1.165, 1.54) is 24.9 Å². The van der Waals surface area contributed by atoms with Crippen molar-refractivity contribution in [3.63, 3.8) is 0 Å². The van der Waals surface area contributed by atoms with E-state index in [-0.39, 0.29) is 60.9 Å². The van der Waals surface area contributed by atoms with Gasteiger partial charge in [-0.05, 0) is 45.4 Å². The zero-order valence-corrected chi connectivity index (χ0v) is 28.5. The molecule has 6 atom stereocenters. The quantitative estimate of drug-likeness (QED) is 0.119. The maximum atomic E-state index is 14.5. The minimum Gasteiger partial charge on any atom is -0.479 e. The molecule has 0 bridgehead atoms. The highest BCUT2D eigenvalue weighted by atomic mass is 31.2. The van der Waals surface area contributed by atoms with Gasteiger partial charge >= 0.3 is 19.6 Å². The number of aliphatic hydroxyl groups is 2. The van der Waals surface area contributed by atoms with E-state index < -0.39 is 62.3 Å². The second-order valence-electron chi connectivity index (χ2n) is 12.1. The number of nitrogens with two attached hydrogens (primary N) is 1. The van der Waals surface area contributed by atoms with Gasteiger partial charge in [-0.1, -0.05) is 27.7 Å². The van der Waals surface area contributed by atoms with Crippen LogP contribution in [-0.2, 0) is 32.9 Å². The largest absolute Gasteiger partial charge is 0.479 e. The number of imidazole rings is 1. The first-order valence-corrected chi connectivity index (χ1v) is 16.9. The summed E-state index contributed by atoms with van der Waals surface area (Å²) < 4.78 is 43.5. The molecule has 4 unspecified atom stereocenters. The lowest BCUT2D eigenvalue weighted by Gasteiger charge is -2.30. The molecule has 17 nitrogen and oxygen atoms in total. The van der Waals surface area contributed by atoms with Crippen LogP contribution in [0.5, 0.6) is 5.88 Å². The van der Waals surface area contributed by atoms with Gasteiger partial charge in [-0.3, -0.25) is 18.7 Å². The van der Waals surface area contributed by atoms with Gasteiger partial charge in [0.15, 0.2) is 17.4 Å². The summed E-state index contributed by atoms with van der Waals surface area (Å²) in [4.78, 5) is 38.2. The fraction of sp³-hybridized carbons (Fsp3) is 0.750. The predicted molar refractivity (Wildman–Crippen MR) is 166 cm³/mol. The third kappa shape index (κ3) is 8.91. The maximum absolute atomic E-state index is 14.5. The molecule has 1 aliphatic heterocycles. The molecule has 6 N–H and O–H groups in total. The van der Waals surface area contributed by atoms with E-state index in [1.54, 1.807) is 13.8 Å². The lowest BCUT2D eigenvalue weighted by Crippen LogP contribution is -2.47. The highest BCUT2D eigenvalue weighted by Crippen LogP contribution is 2.45. The topological polar surface area (TPSA) is 232 Å². The molecule has 0 amide bonds. The normalized spacial score (nSPS) is 24.2. The number of esters is 2. The van der Waals surface area contributed by atoms with Crippen LogP contribution in [0.2, 0.25) is 0 Å². The van der Waals surface area contributed by atoms with Crippen LogP contribution in [0, 0.1) is 11.8 Å². The van der Waals surface area contributed by atoms with Gasteiger partial charge in [0.05, 0.1) is 33.3 Å². The lowest BCUT2D eigenvalue weighted by molar-refractivity contribution is -0.146. The Kier molecular flexibility index (Phi) is 12.9. The Morgan fingerprint density at radius 2 is 1.63 bits per heavy atom. The van der Waals surface area contributed by atoms with Crippen LogP contribution in [0.1, 0.15) is 67.5 Å². The molecule has 2 aromatic heterocycles. The third-order valence-electron chi connectivity index (χ3n) is 7.24. The summed E-state index contributed by atoms with van der Waals surface area (Å²) in [6.45, 7) is 11.8. The molecular formula is C28H48N7O10P. The van der Waals surface area contributed by atoms with Crippen molar-refractivity contribution >= 4 is 36.7 Å². The first-order chi connectivity index (χ1) is 21.6. The molecule has 46 heavy (non-hydrogen) atoms. The van der Waals surface area contributed by atoms with Crippen LogP contribution in [0.3, 0.4) is 0 Å². The SMILES string of the molecule is CCOC(=O)C(CC(C)C)NP(=O)(NC(CC(C)C)C(=O)OCC)OC[C@H]1O[C@@H](n2cnc3c(OC)nc(N)nc32)C(C)(O)C1O. The van der Waals surface area contributed by atoms with Crippen LogP contribution in [0.25, 0.3) is 11.2 Å². The summed E-state index contributed by atoms with van der Waals surface area (Å²) in [5, 5.41) is 28.1. The van der Waals surface area contributed by atoms with Gasteiger partial charge < -0.3 is 39.4 Å². The number of nitrogens with one attached hydrogen (secondary N) is 2. The van der Waals surface area contributed by atoms with Crippen molar-refractivity contribution in [2.45, 2.75) is 97.4 Å². The van der Waals surface area contributed by atoms with Gasteiger partial charge in [-0.15, -0.1) is 0 Å². The van der Waals surface area contributed by atoms with Crippen molar-refractivity contribution in [3.8, 4) is 5.88 Å². The number of rotatable bonds is 17. The second kappa shape index (κ2) is 15.8. The van der Waals surface area contributed by atoms with Crippen molar-refractivity contribution in [3.05, 3.63) is 6.33 Å². The Labute approximate surface area is 268 Å². The number of aromatic nitrogens is 4. The highest BCUT2D eigenvalue weighted by molar-refractivity contribution is 7.54. The average Bonchev–Trinajstić information content (AvgIpc) is 3.47. The number of nitrogen functional groups attached to an aromatic ring is 1. The third-order valence-corrected chi connectivity index (χ3v) is 9.05. The summed E-state index contributed by atoms with van der Waals surface area (Å²) in [5.74, 6) is -1.33. The van der Waals surface area contributed by atoms with Gasteiger partial charge in [0.1, 0.15) is 29.9 Å². The van der Waals surface area contributed by atoms with E-state index in [2.05, 4.69) is 25.1 Å².